The number of carboxylic acids is 1. The topological polar surface area (TPSA) is 324 Å². The van der Waals surface area contributed by atoms with Gasteiger partial charge in [-0.25, -0.2) is 19.4 Å². The number of cyclic esters (lactones) is 1. The Morgan fingerprint density at radius 3 is 2.24 bits per heavy atom. The van der Waals surface area contributed by atoms with Crippen LogP contribution >= 0.6 is 0 Å². The normalized spacial score (nSPS) is 18.1. The number of hydrogen-bond donors (Lipinski definition) is 4. The zero-order valence-corrected chi connectivity index (χ0v) is 44.7. The molecule has 2 fully saturated rings. The van der Waals surface area contributed by atoms with Crippen LogP contribution in [-0.2, 0) is 102 Å². The Labute approximate surface area is 454 Å². The summed E-state index contributed by atoms with van der Waals surface area (Å²) in [5.41, 5.74) is 1.54. The highest BCUT2D eigenvalue weighted by molar-refractivity contribution is 6.01. The molecule has 0 aliphatic carbocycles. The Kier molecular flexibility index (Phi) is 20.0. The highest BCUT2D eigenvalue weighted by Gasteiger charge is 2.52. The fraction of sp³-hybridized carbons (Fsp3) is 0.556. The summed E-state index contributed by atoms with van der Waals surface area (Å²) in [4.78, 5) is 153. The van der Waals surface area contributed by atoms with Crippen molar-refractivity contribution in [3.63, 3.8) is 0 Å². The first-order valence-electron chi connectivity index (χ1n) is 26.7. The van der Waals surface area contributed by atoms with E-state index in [1.54, 1.807) is 31.4 Å². The third-order valence-corrected chi connectivity index (χ3v) is 14.1. The maximum absolute atomic E-state index is 14.4. The molecule has 0 unspecified atom stereocenters. The first-order chi connectivity index (χ1) is 37.9. The number of aromatic nitrogens is 2. The van der Waals surface area contributed by atoms with E-state index in [-0.39, 0.29) is 134 Å². The zero-order valence-electron chi connectivity index (χ0n) is 44.7. The van der Waals surface area contributed by atoms with E-state index in [4.69, 9.17) is 33.5 Å². The van der Waals surface area contributed by atoms with Gasteiger partial charge in [0.25, 0.3) is 17.4 Å². The number of hydroxylamine groups is 2. The minimum Gasteiger partial charge on any atom is -0.481 e. The van der Waals surface area contributed by atoms with Gasteiger partial charge in [0.2, 0.25) is 29.2 Å². The number of amides is 6. The quantitative estimate of drug-likeness (QED) is 0.0357. The number of aliphatic carboxylic acids is 1. The van der Waals surface area contributed by atoms with Crippen molar-refractivity contribution in [1.29, 1.82) is 0 Å². The number of pyridine rings is 2. The maximum atomic E-state index is 14.4. The Balaban J connectivity index is 0.852. The minimum atomic E-state index is -2.07. The van der Waals surface area contributed by atoms with Crippen LogP contribution in [0, 0.1) is 5.92 Å². The molecule has 426 valence electrons. The number of esters is 2. The smallest absolute Gasteiger partial charge is 0.355 e. The number of rotatable bonds is 28. The summed E-state index contributed by atoms with van der Waals surface area (Å²) in [5, 5.41) is 18.9. The summed E-state index contributed by atoms with van der Waals surface area (Å²) >= 11 is 0. The van der Waals surface area contributed by atoms with Gasteiger partial charge in [-0.1, -0.05) is 45.9 Å². The summed E-state index contributed by atoms with van der Waals surface area (Å²) in [7, 11) is 0. The van der Waals surface area contributed by atoms with Crippen LogP contribution in [0.5, 0.6) is 0 Å². The number of nitrogens with zero attached hydrogens (tertiary/aromatic N) is 4. The Bertz CT molecular complexity index is 2910. The lowest BCUT2D eigenvalue weighted by Crippen LogP contribution is -2.57. The molecule has 6 heterocycles. The lowest BCUT2D eigenvalue weighted by Gasteiger charge is -2.37. The SMILES string of the molecule is CCc1c2c(nc3ccccc13)-c1cc3c(c(=O)n1C2)COC(=O)[C@@]3(CC)OC(=O)[C@@H](NC(=O)[C@@H]1CCCN1C(=O)[C@H](CC(=O)O)NC(=O)CCOCCOCCOCCNC(=O)CCCC(=O)ON1C(=O)CCC1=O)C(C)C. The van der Waals surface area contributed by atoms with Gasteiger partial charge in [-0.3, -0.25) is 38.4 Å². The van der Waals surface area contributed by atoms with Gasteiger partial charge in [0.15, 0.2) is 0 Å². The number of aryl methyl sites for hydroxylation is 1. The third kappa shape index (κ3) is 13.8. The number of carboxylic acid groups (broad SMARTS) is 1. The molecule has 3 aromatic rings. The molecule has 0 saturated carbocycles. The van der Waals surface area contributed by atoms with E-state index in [1.807, 2.05) is 31.2 Å². The van der Waals surface area contributed by atoms with Gasteiger partial charge in [-0.05, 0) is 55.7 Å². The van der Waals surface area contributed by atoms with Gasteiger partial charge >= 0.3 is 23.9 Å². The average Bonchev–Trinajstić information content (AvgIpc) is 4.37. The molecule has 2 saturated heterocycles. The summed E-state index contributed by atoms with van der Waals surface area (Å²) in [6.45, 7) is 7.84. The van der Waals surface area contributed by atoms with Crippen LogP contribution in [0.1, 0.15) is 114 Å². The van der Waals surface area contributed by atoms with Gasteiger partial charge in [0, 0.05) is 61.7 Å². The fourth-order valence-corrected chi connectivity index (χ4v) is 10.1. The number of para-hydroxylation sites is 1. The predicted octanol–water partition coefficient (Wildman–Crippen LogP) is 1.62. The number of imide groups is 1. The summed E-state index contributed by atoms with van der Waals surface area (Å²) < 4.78 is 29.6. The standard InChI is InChI=1S/C54H67N7O18/c1-5-32-33-11-7-8-12-37(33)57-48-34(32)29-60-40(48)27-36-35(50(60)70)30-77-53(73)54(36,6-2)78-52(72)47(31(3)4)58-49(69)39-13-10-20-59(39)51(71)38(28-45(66)67)56-42(63)18-21-74-23-25-76-26-24-75-22-19-55-41(62)14-9-15-46(68)79-61-43(64)16-17-44(61)65/h7-8,11-12,27,31,38-39,47H,5-6,9-10,13-26,28-30H2,1-4H3,(H,55,62)(H,56,63)(H,58,69)(H,66,67)/t38-,39-,47-,54-/m0/s1. The zero-order chi connectivity index (χ0) is 57.0. The molecule has 0 spiro atoms. The van der Waals surface area contributed by atoms with Crippen LogP contribution in [0.3, 0.4) is 0 Å². The third-order valence-electron chi connectivity index (χ3n) is 14.1. The van der Waals surface area contributed by atoms with Crippen molar-refractivity contribution >= 4 is 70.2 Å². The molecular weight excluding hydrogens is 1030 g/mol. The van der Waals surface area contributed by atoms with Crippen LogP contribution in [-0.4, -0.2) is 155 Å². The molecule has 25 nitrogen and oxygen atoms in total. The van der Waals surface area contributed by atoms with Crippen molar-refractivity contribution < 1.29 is 81.6 Å². The lowest BCUT2D eigenvalue weighted by atomic mass is 9.85. The molecule has 4 aliphatic rings. The van der Waals surface area contributed by atoms with Gasteiger partial charge in [-0.2, -0.15) is 0 Å². The molecule has 0 bridgehead atoms. The van der Waals surface area contributed by atoms with E-state index < -0.39 is 95.0 Å². The summed E-state index contributed by atoms with van der Waals surface area (Å²) in [5.74, 6) is -8.39. The molecule has 2 aromatic heterocycles. The number of likely N-dealkylation sites (tertiary alicyclic amines) is 1. The number of hydrogen-bond acceptors (Lipinski definition) is 18. The highest BCUT2D eigenvalue weighted by Crippen LogP contribution is 2.42. The van der Waals surface area contributed by atoms with Crippen molar-refractivity contribution in [3.8, 4) is 11.4 Å². The van der Waals surface area contributed by atoms with E-state index in [2.05, 4.69) is 16.0 Å². The Hall–Kier alpha value is -7.64. The number of nitrogens with one attached hydrogen (secondary N) is 3. The number of carbonyl (C=O) groups is 10. The summed E-state index contributed by atoms with van der Waals surface area (Å²) in [6.07, 6.45) is 0.0432. The van der Waals surface area contributed by atoms with Crippen LogP contribution in [0.2, 0.25) is 0 Å². The van der Waals surface area contributed by atoms with E-state index >= 15 is 0 Å². The second-order valence-electron chi connectivity index (χ2n) is 19.8. The largest absolute Gasteiger partial charge is 0.481 e. The molecule has 79 heavy (non-hydrogen) atoms. The molecule has 7 rings (SSSR count). The van der Waals surface area contributed by atoms with Gasteiger partial charge in [0.1, 0.15) is 24.7 Å². The Morgan fingerprint density at radius 2 is 1.56 bits per heavy atom. The van der Waals surface area contributed by atoms with Gasteiger partial charge < -0.3 is 59.0 Å². The van der Waals surface area contributed by atoms with Gasteiger partial charge in [0.05, 0.1) is 75.1 Å². The van der Waals surface area contributed by atoms with E-state index in [9.17, 15) is 57.8 Å². The van der Waals surface area contributed by atoms with Crippen LogP contribution < -0.4 is 21.5 Å². The van der Waals surface area contributed by atoms with Crippen molar-refractivity contribution in [2.45, 2.75) is 135 Å². The average molecular weight is 1100 g/mol. The molecule has 6 amide bonds. The van der Waals surface area contributed by atoms with Crippen LogP contribution in [0.15, 0.2) is 35.1 Å². The van der Waals surface area contributed by atoms with Crippen molar-refractivity contribution in [3.05, 3.63) is 62.9 Å². The highest BCUT2D eigenvalue weighted by atomic mass is 16.7. The predicted molar refractivity (Wildman–Crippen MR) is 275 cm³/mol. The van der Waals surface area contributed by atoms with Crippen molar-refractivity contribution in [2.75, 3.05) is 52.7 Å². The molecule has 4 N–H and O–H groups in total. The lowest BCUT2D eigenvalue weighted by molar-refractivity contribution is -0.197. The molecule has 1 aromatic carbocycles. The second-order valence-corrected chi connectivity index (χ2v) is 19.8. The van der Waals surface area contributed by atoms with Crippen LogP contribution in [0.25, 0.3) is 22.3 Å². The van der Waals surface area contributed by atoms with Crippen molar-refractivity contribution in [2.24, 2.45) is 5.92 Å². The van der Waals surface area contributed by atoms with E-state index in [0.29, 0.717) is 29.3 Å². The fourth-order valence-electron chi connectivity index (χ4n) is 10.1. The van der Waals surface area contributed by atoms with E-state index in [0.717, 1.165) is 22.0 Å². The molecular formula is C54H67N7O18. The van der Waals surface area contributed by atoms with Crippen molar-refractivity contribution in [1.82, 2.24) is 35.5 Å². The number of fused-ring (bicyclic) bond motifs is 5. The van der Waals surface area contributed by atoms with Gasteiger partial charge in [-0.15, -0.1) is 5.06 Å². The van der Waals surface area contributed by atoms with Crippen LogP contribution in [0.4, 0.5) is 0 Å². The Morgan fingerprint density at radius 1 is 0.861 bits per heavy atom. The molecule has 25 heteroatoms. The monoisotopic (exact) mass is 1100 g/mol. The van der Waals surface area contributed by atoms with E-state index in [1.165, 1.54) is 4.90 Å². The maximum Gasteiger partial charge on any atom is 0.355 e. The number of benzene rings is 1. The summed E-state index contributed by atoms with van der Waals surface area (Å²) in [6, 6.07) is 5.30. The first kappa shape index (κ1) is 59.0. The molecule has 0 radical (unpaired) electrons. The number of ether oxygens (including phenoxy) is 5. The molecule has 4 atom stereocenters. The second kappa shape index (κ2) is 26.8. The first-order valence-corrected chi connectivity index (χ1v) is 26.7. The minimum absolute atomic E-state index is 0.0134. The number of carbonyl (C=O) groups excluding carboxylic acids is 9. The molecule has 4 aliphatic heterocycles.